The molecule has 1 aromatic heterocycles. The van der Waals surface area contributed by atoms with Gasteiger partial charge in [-0.3, -0.25) is 4.79 Å². The van der Waals surface area contributed by atoms with Crippen molar-refractivity contribution in [2.45, 2.75) is 26.2 Å². The monoisotopic (exact) mass is 270 g/mol. The second-order valence-corrected chi connectivity index (χ2v) is 5.45. The first-order chi connectivity index (χ1) is 8.34. The number of methoxy groups -OCH3 is 1. The minimum Gasteiger partial charge on any atom is -0.383 e. The van der Waals surface area contributed by atoms with Gasteiger partial charge in [-0.1, -0.05) is 32.4 Å². The van der Waals surface area contributed by atoms with E-state index in [1.165, 1.54) is 0 Å². The topological polar surface area (TPSA) is 51.2 Å². The highest BCUT2D eigenvalue weighted by atomic mass is 35.5. The van der Waals surface area contributed by atoms with Crippen molar-refractivity contribution < 1.29 is 9.53 Å². The number of amides is 1. The van der Waals surface area contributed by atoms with Gasteiger partial charge < -0.3 is 10.1 Å². The van der Waals surface area contributed by atoms with Crippen LogP contribution in [0.2, 0.25) is 5.15 Å². The van der Waals surface area contributed by atoms with Gasteiger partial charge in [0.15, 0.2) is 0 Å². The van der Waals surface area contributed by atoms with Crippen molar-refractivity contribution in [3.05, 3.63) is 28.5 Å². The zero-order valence-corrected chi connectivity index (χ0v) is 12.0. The molecule has 0 aliphatic carbocycles. The molecule has 0 fully saturated rings. The molecule has 0 saturated carbocycles. The quantitative estimate of drug-likeness (QED) is 0.675. The molecule has 1 aromatic rings. The SMILES string of the molecule is COCCNC(=O)c1cc(Cl)nc(C(C)(C)C)c1. The highest BCUT2D eigenvalue weighted by Gasteiger charge is 2.18. The van der Waals surface area contributed by atoms with Crippen LogP contribution in [0, 0.1) is 0 Å². The minimum atomic E-state index is -0.165. The molecule has 18 heavy (non-hydrogen) atoms. The predicted octanol–water partition coefficient (Wildman–Crippen LogP) is 2.41. The predicted molar refractivity (Wildman–Crippen MR) is 72.2 cm³/mol. The summed E-state index contributed by atoms with van der Waals surface area (Å²) in [6.45, 7) is 7.03. The lowest BCUT2D eigenvalue weighted by Crippen LogP contribution is -2.27. The van der Waals surface area contributed by atoms with E-state index >= 15 is 0 Å². The van der Waals surface area contributed by atoms with Gasteiger partial charge in [0.1, 0.15) is 5.15 Å². The van der Waals surface area contributed by atoms with E-state index < -0.39 is 0 Å². The third-order valence-electron chi connectivity index (χ3n) is 2.42. The molecule has 0 atom stereocenters. The fraction of sp³-hybridized carbons (Fsp3) is 0.538. The Hall–Kier alpha value is -1.13. The Balaban J connectivity index is 2.89. The van der Waals surface area contributed by atoms with E-state index in [4.69, 9.17) is 16.3 Å². The van der Waals surface area contributed by atoms with Crippen molar-refractivity contribution in [2.24, 2.45) is 0 Å². The van der Waals surface area contributed by atoms with Crippen LogP contribution < -0.4 is 5.32 Å². The number of carbonyl (C=O) groups is 1. The lowest BCUT2D eigenvalue weighted by Gasteiger charge is -2.18. The standard InChI is InChI=1S/C13H19ClN2O2/c1-13(2,3)10-7-9(8-11(14)16-10)12(17)15-5-6-18-4/h7-8H,5-6H2,1-4H3,(H,15,17). The number of rotatable bonds is 4. The van der Waals surface area contributed by atoms with Crippen LogP contribution in [-0.2, 0) is 10.2 Å². The molecule has 1 rings (SSSR count). The van der Waals surface area contributed by atoms with Crippen LogP contribution in [0.25, 0.3) is 0 Å². The lowest BCUT2D eigenvalue weighted by atomic mass is 9.91. The average Bonchev–Trinajstić information content (AvgIpc) is 2.27. The van der Waals surface area contributed by atoms with Gasteiger partial charge in [-0.05, 0) is 12.1 Å². The van der Waals surface area contributed by atoms with E-state index in [0.29, 0.717) is 23.9 Å². The van der Waals surface area contributed by atoms with Gasteiger partial charge in [0.25, 0.3) is 5.91 Å². The van der Waals surface area contributed by atoms with Crippen LogP contribution in [0.1, 0.15) is 36.8 Å². The molecule has 0 spiro atoms. The van der Waals surface area contributed by atoms with Gasteiger partial charge in [-0.2, -0.15) is 0 Å². The Labute approximate surface area is 113 Å². The molecule has 1 heterocycles. The first-order valence-electron chi connectivity index (χ1n) is 5.80. The molecule has 0 aromatic carbocycles. The van der Waals surface area contributed by atoms with E-state index in [0.717, 1.165) is 5.69 Å². The summed E-state index contributed by atoms with van der Waals surface area (Å²) in [5.41, 5.74) is 1.18. The summed E-state index contributed by atoms with van der Waals surface area (Å²) in [6.07, 6.45) is 0. The first kappa shape index (κ1) is 14.9. The molecule has 0 radical (unpaired) electrons. The molecular formula is C13H19ClN2O2. The summed E-state index contributed by atoms with van der Waals surface area (Å²) in [5, 5.41) is 3.09. The van der Waals surface area contributed by atoms with E-state index in [-0.39, 0.29) is 11.3 Å². The number of nitrogens with one attached hydrogen (secondary N) is 1. The lowest BCUT2D eigenvalue weighted by molar-refractivity contribution is 0.0937. The summed E-state index contributed by atoms with van der Waals surface area (Å²) in [7, 11) is 1.59. The van der Waals surface area contributed by atoms with Crippen molar-refractivity contribution in [1.29, 1.82) is 0 Å². The smallest absolute Gasteiger partial charge is 0.251 e. The van der Waals surface area contributed by atoms with Gasteiger partial charge in [-0.15, -0.1) is 0 Å². The molecule has 0 saturated heterocycles. The van der Waals surface area contributed by atoms with Crippen LogP contribution >= 0.6 is 11.6 Å². The number of halogens is 1. The van der Waals surface area contributed by atoms with Gasteiger partial charge in [0.05, 0.1) is 6.61 Å². The summed E-state index contributed by atoms with van der Waals surface area (Å²) >= 11 is 5.95. The number of pyridine rings is 1. The maximum atomic E-state index is 11.9. The summed E-state index contributed by atoms with van der Waals surface area (Å²) < 4.78 is 4.88. The van der Waals surface area contributed by atoms with Crippen molar-refractivity contribution >= 4 is 17.5 Å². The number of aromatic nitrogens is 1. The second-order valence-electron chi connectivity index (χ2n) is 5.06. The highest BCUT2D eigenvalue weighted by Crippen LogP contribution is 2.23. The van der Waals surface area contributed by atoms with Crippen LogP contribution in [0.5, 0.6) is 0 Å². The molecular weight excluding hydrogens is 252 g/mol. The number of carbonyl (C=O) groups excluding carboxylic acids is 1. The zero-order valence-electron chi connectivity index (χ0n) is 11.2. The Morgan fingerprint density at radius 2 is 2.11 bits per heavy atom. The molecule has 1 amide bonds. The largest absolute Gasteiger partial charge is 0.383 e. The Bertz CT molecular complexity index is 427. The molecule has 0 bridgehead atoms. The van der Waals surface area contributed by atoms with E-state index in [1.54, 1.807) is 19.2 Å². The molecule has 100 valence electrons. The highest BCUT2D eigenvalue weighted by molar-refractivity contribution is 6.29. The average molecular weight is 271 g/mol. The first-order valence-corrected chi connectivity index (χ1v) is 6.17. The van der Waals surface area contributed by atoms with Crippen molar-refractivity contribution in [2.75, 3.05) is 20.3 Å². The second kappa shape index (κ2) is 6.16. The molecule has 5 heteroatoms. The number of hydrogen-bond acceptors (Lipinski definition) is 3. The molecule has 0 aliphatic heterocycles. The molecule has 1 N–H and O–H groups in total. The van der Waals surface area contributed by atoms with Crippen molar-refractivity contribution in [3.63, 3.8) is 0 Å². The normalized spacial score (nSPS) is 11.4. The van der Waals surface area contributed by atoms with Gasteiger partial charge >= 0.3 is 0 Å². The fourth-order valence-electron chi connectivity index (χ4n) is 1.38. The Morgan fingerprint density at radius 1 is 1.44 bits per heavy atom. The Morgan fingerprint density at radius 3 is 2.67 bits per heavy atom. The fourth-order valence-corrected chi connectivity index (χ4v) is 1.59. The van der Waals surface area contributed by atoms with Gasteiger partial charge in [0, 0.05) is 30.3 Å². The summed E-state index contributed by atoms with van der Waals surface area (Å²) in [6, 6.07) is 3.34. The maximum Gasteiger partial charge on any atom is 0.251 e. The summed E-state index contributed by atoms with van der Waals surface area (Å²) in [4.78, 5) is 16.1. The zero-order chi connectivity index (χ0) is 13.8. The van der Waals surface area contributed by atoms with Crippen LogP contribution in [0.15, 0.2) is 12.1 Å². The third-order valence-corrected chi connectivity index (χ3v) is 2.61. The number of ether oxygens (including phenoxy) is 1. The van der Waals surface area contributed by atoms with E-state index in [1.807, 2.05) is 20.8 Å². The van der Waals surface area contributed by atoms with Crippen LogP contribution in [0.3, 0.4) is 0 Å². The van der Waals surface area contributed by atoms with E-state index in [9.17, 15) is 4.79 Å². The molecule has 4 nitrogen and oxygen atoms in total. The Kier molecular flexibility index (Phi) is 5.11. The number of nitrogens with zero attached hydrogens (tertiary/aromatic N) is 1. The van der Waals surface area contributed by atoms with E-state index in [2.05, 4.69) is 10.3 Å². The third kappa shape index (κ3) is 4.27. The van der Waals surface area contributed by atoms with Gasteiger partial charge in [-0.25, -0.2) is 4.98 Å². The van der Waals surface area contributed by atoms with Crippen LogP contribution in [0.4, 0.5) is 0 Å². The molecule has 0 aliphatic rings. The van der Waals surface area contributed by atoms with Crippen molar-refractivity contribution in [3.8, 4) is 0 Å². The summed E-state index contributed by atoms with van der Waals surface area (Å²) in [5.74, 6) is -0.165. The minimum absolute atomic E-state index is 0.146. The van der Waals surface area contributed by atoms with Gasteiger partial charge in [0.2, 0.25) is 0 Å². The van der Waals surface area contributed by atoms with Crippen molar-refractivity contribution in [1.82, 2.24) is 10.3 Å². The molecule has 0 unspecified atom stereocenters. The maximum absolute atomic E-state index is 11.9. The van der Waals surface area contributed by atoms with Crippen LogP contribution in [-0.4, -0.2) is 31.2 Å². The number of hydrogen-bond donors (Lipinski definition) is 1.